The molecule has 1 aromatic rings. The number of benzene rings is 1. The van der Waals surface area contributed by atoms with Crippen molar-refractivity contribution in [3.05, 3.63) is 47.3 Å². The predicted molar refractivity (Wildman–Crippen MR) is 70.2 cm³/mol. The average molecular weight is 271 g/mol. The summed E-state index contributed by atoms with van der Waals surface area (Å²) in [5.41, 5.74) is -0.808. The minimum atomic E-state index is -1.08. The molecule has 0 radical (unpaired) electrons. The molecule has 0 amide bonds. The Hall–Kier alpha value is -1.35. The molecule has 1 atom stereocenters. The van der Waals surface area contributed by atoms with E-state index in [1.54, 1.807) is 26.0 Å². The minimum Gasteiger partial charge on any atom is -0.465 e. The number of rotatable bonds is 5. The van der Waals surface area contributed by atoms with Crippen molar-refractivity contribution < 1.29 is 13.9 Å². The van der Waals surface area contributed by atoms with Gasteiger partial charge in [0.05, 0.1) is 12.0 Å². The van der Waals surface area contributed by atoms with Crippen LogP contribution in [-0.2, 0) is 14.9 Å². The lowest BCUT2D eigenvalue weighted by atomic mass is 9.79. The van der Waals surface area contributed by atoms with E-state index in [-0.39, 0.29) is 12.2 Å². The van der Waals surface area contributed by atoms with Gasteiger partial charge in [0, 0.05) is 10.6 Å². The zero-order valence-corrected chi connectivity index (χ0v) is 11.3. The van der Waals surface area contributed by atoms with E-state index in [4.69, 9.17) is 16.3 Å². The molecule has 0 saturated heterocycles. The molecule has 0 aliphatic carbocycles. The van der Waals surface area contributed by atoms with Gasteiger partial charge in [-0.05, 0) is 32.4 Å². The lowest BCUT2D eigenvalue weighted by molar-refractivity contribution is -0.149. The van der Waals surface area contributed by atoms with Gasteiger partial charge in [0.25, 0.3) is 0 Å². The van der Waals surface area contributed by atoms with Crippen LogP contribution in [0.3, 0.4) is 0 Å². The molecule has 0 heterocycles. The van der Waals surface area contributed by atoms with Crippen LogP contribution in [0.25, 0.3) is 0 Å². The van der Waals surface area contributed by atoms with Gasteiger partial charge in [-0.2, -0.15) is 0 Å². The quantitative estimate of drug-likeness (QED) is 0.600. The first kappa shape index (κ1) is 14.7. The van der Waals surface area contributed by atoms with Gasteiger partial charge in [-0.15, -0.1) is 6.58 Å². The predicted octanol–water partition coefficient (Wildman–Crippen LogP) is 3.88. The molecule has 0 spiro atoms. The molecule has 0 bridgehead atoms. The van der Waals surface area contributed by atoms with Crippen LogP contribution in [0.2, 0.25) is 5.02 Å². The highest BCUT2D eigenvalue weighted by Crippen LogP contribution is 2.32. The van der Waals surface area contributed by atoms with Crippen molar-refractivity contribution >= 4 is 17.6 Å². The Kier molecular flexibility index (Phi) is 4.91. The van der Waals surface area contributed by atoms with Crippen LogP contribution in [0.5, 0.6) is 0 Å². The number of esters is 1. The maximum Gasteiger partial charge on any atom is 0.316 e. The standard InChI is InChI=1S/C14H16ClFO2/c1-4-8-14(3,13(17)18-5-2)11-7-6-10(15)9-12(11)16/h4,6-7,9H,1,5,8H2,2-3H3. The third-order valence-electron chi connectivity index (χ3n) is 2.80. The summed E-state index contributed by atoms with van der Waals surface area (Å²) in [7, 11) is 0. The van der Waals surface area contributed by atoms with Crippen molar-refractivity contribution in [2.45, 2.75) is 25.7 Å². The Morgan fingerprint density at radius 3 is 2.78 bits per heavy atom. The topological polar surface area (TPSA) is 26.3 Å². The monoisotopic (exact) mass is 270 g/mol. The number of ether oxygens (including phenoxy) is 1. The van der Waals surface area contributed by atoms with Gasteiger partial charge in [0.2, 0.25) is 0 Å². The van der Waals surface area contributed by atoms with Crippen molar-refractivity contribution in [3.8, 4) is 0 Å². The van der Waals surface area contributed by atoms with Crippen LogP contribution >= 0.6 is 11.6 Å². The highest BCUT2D eigenvalue weighted by Gasteiger charge is 2.37. The van der Waals surface area contributed by atoms with E-state index >= 15 is 0 Å². The Balaban J connectivity index is 3.25. The number of allylic oxidation sites excluding steroid dienone is 1. The summed E-state index contributed by atoms with van der Waals surface area (Å²) in [4.78, 5) is 12.0. The van der Waals surface area contributed by atoms with Crippen LogP contribution in [0, 0.1) is 5.82 Å². The second-order valence-corrected chi connectivity index (χ2v) is 4.61. The maximum absolute atomic E-state index is 13.9. The van der Waals surface area contributed by atoms with Crippen molar-refractivity contribution in [1.29, 1.82) is 0 Å². The first-order valence-corrected chi connectivity index (χ1v) is 6.07. The van der Waals surface area contributed by atoms with Gasteiger partial charge in [-0.1, -0.05) is 23.7 Å². The number of halogens is 2. The van der Waals surface area contributed by atoms with Crippen molar-refractivity contribution in [3.63, 3.8) is 0 Å². The summed E-state index contributed by atoms with van der Waals surface area (Å²) in [6.07, 6.45) is 1.87. The molecule has 1 unspecified atom stereocenters. The van der Waals surface area contributed by atoms with E-state index in [9.17, 15) is 9.18 Å². The van der Waals surface area contributed by atoms with E-state index in [2.05, 4.69) is 6.58 Å². The van der Waals surface area contributed by atoms with E-state index in [0.29, 0.717) is 11.4 Å². The largest absolute Gasteiger partial charge is 0.465 e. The molecular weight excluding hydrogens is 255 g/mol. The Labute approximate surface area is 111 Å². The number of carbonyl (C=O) groups excluding carboxylic acids is 1. The van der Waals surface area contributed by atoms with Gasteiger partial charge in [0.15, 0.2) is 0 Å². The van der Waals surface area contributed by atoms with E-state index in [0.717, 1.165) is 0 Å². The molecule has 0 saturated carbocycles. The maximum atomic E-state index is 13.9. The molecule has 0 aromatic heterocycles. The second-order valence-electron chi connectivity index (χ2n) is 4.17. The van der Waals surface area contributed by atoms with E-state index in [1.807, 2.05) is 0 Å². The minimum absolute atomic E-state index is 0.251. The van der Waals surface area contributed by atoms with Crippen LogP contribution in [0.15, 0.2) is 30.9 Å². The highest BCUT2D eigenvalue weighted by molar-refractivity contribution is 6.30. The molecule has 0 fully saturated rings. The lowest BCUT2D eigenvalue weighted by Gasteiger charge is -2.27. The summed E-state index contributed by atoms with van der Waals surface area (Å²) in [6, 6.07) is 4.26. The fourth-order valence-corrected chi connectivity index (χ4v) is 1.98. The smallest absolute Gasteiger partial charge is 0.316 e. The molecule has 0 aliphatic rings. The second kappa shape index (κ2) is 6.01. The van der Waals surface area contributed by atoms with Gasteiger partial charge in [-0.25, -0.2) is 4.39 Å². The number of hydrogen-bond donors (Lipinski definition) is 0. The lowest BCUT2D eigenvalue weighted by Crippen LogP contribution is -2.35. The van der Waals surface area contributed by atoms with Gasteiger partial charge in [-0.3, -0.25) is 4.79 Å². The zero-order valence-electron chi connectivity index (χ0n) is 10.5. The van der Waals surface area contributed by atoms with E-state index in [1.165, 1.54) is 12.1 Å². The van der Waals surface area contributed by atoms with E-state index < -0.39 is 17.2 Å². The first-order valence-electron chi connectivity index (χ1n) is 5.69. The summed E-state index contributed by atoms with van der Waals surface area (Å²) in [5.74, 6) is -0.981. The molecule has 4 heteroatoms. The Morgan fingerprint density at radius 1 is 1.61 bits per heavy atom. The fraction of sp³-hybridized carbons (Fsp3) is 0.357. The molecular formula is C14H16ClFO2. The zero-order chi connectivity index (χ0) is 13.8. The SMILES string of the molecule is C=CCC(C)(C(=O)OCC)c1ccc(Cl)cc1F. The van der Waals surface area contributed by atoms with Crippen molar-refractivity contribution in [1.82, 2.24) is 0 Å². The summed E-state index contributed by atoms with van der Waals surface area (Å²) in [6.45, 7) is 7.21. The van der Waals surface area contributed by atoms with Gasteiger partial charge in [0.1, 0.15) is 5.82 Å². The molecule has 1 rings (SSSR count). The number of hydrogen-bond acceptors (Lipinski definition) is 2. The van der Waals surface area contributed by atoms with Crippen LogP contribution in [-0.4, -0.2) is 12.6 Å². The summed E-state index contributed by atoms with van der Waals surface area (Å²) in [5, 5.41) is 0.293. The Morgan fingerprint density at radius 2 is 2.28 bits per heavy atom. The molecule has 1 aromatic carbocycles. The third kappa shape index (κ3) is 2.91. The van der Waals surface area contributed by atoms with Gasteiger partial charge < -0.3 is 4.74 Å². The molecule has 0 N–H and O–H groups in total. The average Bonchev–Trinajstić information content (AvgIpc) is 2.29. The van der Waals surface area contributed by atoms with Gasteiger partial charge >= 0.3 is 5.97 Å². The number of carbonyl (C=O) groups is 1. The van der Waals surface area contributed by atoms with Crippen LogP contribution in [0.1, 0.15) is 25.8 Å². The molecule has 98 valence electrons. The highest BCUT2D eigenvalue weighted by atomic mass is 35.5. The van der Waals surface area contributed by atoms with Crippen LogP contribution in [0.4, 0.5) is 4.39 Å². The summed E-state index contributed by atoms with van der Waals surface area (Å²) >= 11 is 5.71. The molecule has 18 heavy (non-hydrogen) atoms. The van der Waals surface area contributed by atoms with Crippen molar-refractivity contribution in [2.24, 2.45) is 0 Å². The third-order valence-corrected chi connectivity index (χ3v) is 3.04. The van der Waals surface area contributed by atoms with Crippen LogP contribution < -0.4 is 0 Å². The van der Waals surface area contributed by atoms with Crippen molar-refractivity contribution in [2.75, 3.05) is 6.61 Å². The normalized spacial score (nSPS) is 13.8. The first-order chi connectivity index (χ1) is 8.45. The fourth-order valence-electron chi connectivity index (χ4n) is 1.82. The summed E-state index contributed by atoms with van der Waals surface area (Å²) < 4.78 is 19.0. The molecule has 0 aliphatic heterocycles. The molecule has 2 nitrogen and oxygen atoms in total. The Bertz CT molecular complexity index is 459.